The van der Waals surface area contributed by atoms with Gasteiger partial charge in [-0.15, -0.1) is 0 Å². The highest BCUT2D eigenvalue weighted by Gasteiger charge is 2.29. The van der Waals surface area contributed by atoms with Gasteiger partial charge in [0.05, 0.1) is 37.7 Å². The molecule has 0 aliphatic carbocycles. The zero-order valence-electron chi connectivity index (χ0n) is 19.9. The molecule has 0 amide bonds. The van der Waals surface area contributed by atoms with E-state index in [0.717, 1.165) is 17.7 Å². The van der Waals surface area contributed by atoms with Gasteiger partial charge in [-0.1, -0.05) is 42.5 Å². The van der Waals surface area contributed by atoms with Crippen LogP contribution in [0.25, 0.3) is 11.0 Å². The highest BCUT2D eigenvalue weighted by molar-refractivity contribution is 5.85. The summed E-state index contributed by atoms with van der Waals surface area (Å²) in [6.45, 7) is 1.10. The Balaban J connectivity index is 1.47. The quantitative estimate of drug-likeness (QED) is 0.284. The molecule has 0 unspecified atom stereocenters. The molecule has 5 rings (SSSR count). The maximum absolute atomic E-state index is 13.0. The molecule has 1 aromatic heterocycles. The van der Waals surface area contributed by atoms with Crippen LogP contribution < -0.4 is 15.1 Å². The fourth-order valence-electron chi connectivity index (χ4n) is 4.65. The standard InChI is InChI=1S/C29H26O7/c1-33-26(30)17-22(27-28(31)21-7-3-5-9-25(21)36-29(27)32)20-6-2-4-8-24(20)35-14-12-18-10-11-23-19(16-18)13-15-34-23/h2-11,16,22,31H,12-15,17H2,1H3/t22-/m1/s1. The fraction of sp³-hybridized carbons (Fsp3) is 0.241. The van der Waals surface area contributed by atoms with Gasteiger partial charge in [-0.25, -0.2) is 4.79 Å². The van der Waals surface area contributed by atoms with E-state index in [9.17, 15) is 14.7 Å². The van der Waals surface area contributed by atoms with Crippen molar-refractivity contribution < 1.29 is 28.5 Å². The fourth-order valence-corrected chi connectivity index (χ4v) is 4.65. The molecule has 0 radical (unpaired) electrons. The van der Waals surface area contributed by atoms with Crippen LogP contribution in [0.4, 0.5) is 0 Å². The highest BCUT2D eigenvalue weighted by Crippen LogP contribution is 2.39. The molecule has 36 heavy (non-hydrogen) atoms. The summed E-state index contributed by atoms with van der Waals surface area (Å²) < 4.78 is 22.1. The van der Waals surface area contributed by atoms with Gasteiger partial charge in [0.15, 0.2) is 0 Å². The number of hydrogen-bond donors (Lipinski definition) is 1. The summed E-state index contributed by atoms with van der Waals surface area (Å²) in [6.07, 6.45) is 1.41. The van der Waals surface area contributed by atoms with Gasteiger partial charge in [0.1, 0.15) is 22.8 Å². The van der Waals surface area contributed by atoms with Gasteiger partial charge in [-0.05, 0) is 35.4 Å². The van der Waals surface area contributed by atoms with Crippen LogP contribution in [0.3, 0.4) is 0 Å². The lowest BCUT2D eigenvalue weighted by Crippen LogP contribution is -2.19. The molecular formula is C29H26O7. The van der Waals surface area contributed by atoms with Crippen molar-refractivity contribution in [2.45, 2.75) is 25.2 Å². The van der Waals surface area contributed by atoms with Gasteiger partial charge < -0.3 is 23.7 Å². The van der Waals surface area contributed by atoms with Gasteiger partial charge in [-0.2, -0.15) is 0 Å². The molecule has 1 aliphatic rings. The number of ether oxygens (including phenoxy) is 3. The number of aromatic hydroxyl groups is 1. The van der Waals surface area contributed by atoms with Crippen molar-refractivity contribution in [3.63, 3.8) is 0 Å². The molecule has 1 N–H and O–H groups in total. The summed E-state index contributed by atoms with van der Waals surface area (Å²) in [5.41, 5.74) is 2.47. The lowest BCUT2D eigenvalue weighted by atomic mass is 9.87. The molecule has 0 fully saturated rings. The van der Waals surface area contributed by atoms with Gasteiger partial charge in [0.25, 0.3) is 0 Å². The van der Waals surface area contributed by atoms with Crippen molar-refractivity contribution in [2.24, 2.45) is 0 Å². The van der Waals surface area contributed by atoms with Crippen LogP contribution in [0.15, 0.2) is 75.9 Å². The van der Waals surface area contributed by atoms with Crippen molar-refractivity contribution >= 4 is 16.9 Å². The molecule has 3 aromatic carbocycles. The number of carbonyl (C=O) groups excluding carboxylic acids is 1. The number of carbonyl (C=O) groups is 1. The summed E-state index contributed by atoms with van der Waals surface area (Å²) in [4.78, 5) is 25.4. The molecule has 1 atom stereocenters. The van der Waals surface area contributed by atoms with Crippen molar-refractivity contribution in [1.82, 2.24) is 0 Å². The molecule has 2 heterocycles. The molecule has 1 aliphatic heterocycles. The predicted molar refractivity (Wildman–Crippen MR) is 134 cm³/mol. The minimum Gasteiger partial charge on any atom is -0.507 e. The Morgan fingerprint density at radius 1 is 1.08 bits per heavy atom. The Kier molecular flexibility index (Phi) is 6.62. The van der Waals surface area contributed by atoms with Crippen LogP contribution in [0.5, 0.6) is 17.2 Å². The number of methoxy groups -OCH3 is 1. The molecule has 7 heteroatoms. The van der Waals surface area contributed by atoms with Crippen LogP contribution in [0.2, 0.25) is 0 Å². The third-order valence-electron chi connectivity index (χ3n) is 6.46. The SMILES string of the molecule is COC(=O)C[C@H](c1ccccc1OCCc1ccc2c(c1)CCO2)c1c(O)c2ccccc2oc1=O. The van der Waals surface area contributed by atoms with Gasteiger partial charge in [0, 0.05) is 24.3 Å². The minimum atomic E-state index is -0.827. The van der Waals surface area contributed by atoms with E-state index in [2.05, 4.69) is 6.07 Å². The van der Waals surface area contributed by atoms with E-state index >= 15 is 0 Å². The molecule has 184 valence electrons. The first-order chi connectivity index (χ1) is 17.5. The Morgan fingerprint density at radius 3 is 2.75 bits per heavy atom. The zero-order valence-corrected chi connectivity index (χ0v) is 19.9. The second-order valence-electron chi connectivity index (χ2n) is 8.66. The summed E-state index contributed by atoms with van der Waals surface area (Å²) in [5, 5.41) is 11.5. The third-order valence-corrected chi connectivity index (χ3v) is 6.46. The van der Waals surface area contributed by atoms with E-state index < -0.39 is 17.5 Å². The van der Waals surface area contributed by atoms with Crippen LogP contribution in [-0.2, 0) is 22.4 Å². The second kappa shape index (κ2) is 10.2. The van der Waals surface area contributed by atoms with Crippen LogP contribution >= 0.6 is 0 Å². The lowest BCUT2D eigenvalue weighted by Gasteiger charge is -2.21. The first-order valence-corrected chi connectivity index (χ1v) is 11.8. The number of fused-ring (bicyclic) bond motifs is 2. The number of hydrogen-bond acceptors (Lipinski definition) is 7. The monoisotopic (exact) mass is 486 g/mol. The molecule has 0 saturated heterocycles. The van der Waals surface area contributed by atoms with Crippen molar-refractivity contribution in [2.75, 3.05) is 20.3 Å². The maximum atomic E-state index is 13.0. The van der Waals surface area contributed by atoms with Gasteiger partial charge in [0.2, 0.25) is 0 Å². The van der Waals surface area contributed by atoms with E-state index in [0.29, 0.717) is 36.3 Å². The van der Waals surface area contributed by atoms with Gasteiger partial charge in [-0.3, -0.25) is 4.79 Å². The summed E-state index contributed by atoms with van der Waals surface area (Å²) in [6, 6.07) is 20.1. The largest absolute Gasteiger partial charge is 0.507 e. The Hall–Kier alpha value is -4.26. The van der Waals surface area contributed by atoms with Crippen LogP contribution in [-0.4, -0.2) is 31.4 Å². The van der Waals surface area contributed by atoms with Gasteiger partial charge >= 0.3 is 11.6 Å². The molecule has 4 aromatic rings. The van der Waals surface area contributed by atoms with Crippen LogP contribution in [0.1, 0.15) is 34.6 Å². The summed E-state index contributed by atoms with van der Waals surface area (Å²) in [5.74, 6) is -0.118. The zero-order chi connectivity index (χ0) is 25.1. The van der Waals surface area contributed by atoms with Crippen molar-refractivity contribution in [1.29, 1.82) is 0 Å². The first kappa shape index (κ1) is 23.5. The van der Waals surface area contributed by atoms with E-state index in [4.69, 9.17) is 18.6 Å². The number of rotatable bonds is 8. The molecule has 0 spiro atoms. The second-order valence-corrected chi connectivity index (χ2v) is 8.66. The van der Waals surface area contributed by atoms with E-state index in [1.807, 2.05) is 18.2 Å². The van der Waals surface area contributed by atoms with E-state index in [1.54, 1.807) is 42.5 Å². The number of benzene rings is 3. The number of para-hydroxylation sites is 2. The Morgan fingerprint density at radius 2 is 1.89 bits per heavy atom. The normalized spacial score (nSPS) is 13.1. The Bertz CT molecular complexity index is 1470. The molecule has 0 bridgehead atoms. The smallest absolute Gasteiger partial charge is 0.343 e. The highest BCUT2D eigenvalue weighted by atomic mass is 16.5. The summed E-state index contributed by atoms with van der Waals surface area (Å²) >= 11 is 0. The maximum Gasteiger partial charge on any atom is 0.343 e. The van der Waals surface area contributed by atoms with Crippen LogP contribution in [0, 0.1) is 0 Å². The van der Waals surface area contributed by atoms with E-state index in [1.165, 1.54) is 12.7 Å². The molecule has 7 nitrogen and oxygen atoms in total. The minimum absolute atomic E-state index is 0.00577. The van der Waals surface area contributed by atoms with Crippen molar-refractivity contribution in [3.8, 4) is 17.2 Å². The average Bonchev–Trinajstić information content (AvgIpc) is 3.36. The first-order valence-electron chi connectivity index (χ1n) is 11.8. The Labute approximate surface area is 207 Å². The summed E-state index contributed by atoms with van der Waals surface area (Å²) in [7, 11) is 1.28. The lowest BCUT2D eigenvalue weighted by molar-refractivity contribution is -0.140. The van der Waals surface area contributed by atoms with E-state index in [-0.39, 0.29) is 23.3 Å². The third kappa shape index (κ3) is 4.64. The number of esters is 1. The topological polar surface area (TPSA) is 95.2 Å². The van der Waals surface area contributed by atoms with Crippen molar-refractivity contribution in [3.05, 3.63) is 99.4 Å². The predicted octanol–water partition coefficient (Wildman–Crippen LogP) is 4.75. The molecular weight excluding hydrogens is 460 g/mol. The molecule has 0 saturated carbocycles. The average molecular weight is 487 g/mol.